The molecule has 4 aromatic rings. The van der Waals surface area contributed by atoms with Gasteiger partial charge in [-0.1, -0.05) is 71.7 Å². The Labute approximate surface area is 195 Å². The molecule has 0 heterocycles. The van der Waals surface area contributed by atoms with Crippen LogP contribution in [0.5, 0.6) is 0 Å². The van der Waals surface area contributed by atoms with Gasteiger partial charge in [-0.25, -0.2) is 16.8 Å². The number of sulfonamides is 2. The molecule has 0 spiro atoms. The summed E-state index contributed by atoms with van der Waals surface area (Å²) in [5, 5.41) is 0.968. The smallest absolute Gasteiger partial charge is 0.262 e. The molecule has 32 heavy (non-hydrogen) atoms. The Morgan fingerprint density at radius 3 is 1.25 bits per heavy atom. The number of halogens is 2. The fourth-order valence-corrected chi connectivity index (χ4v) is 6.29. The quantitative estimate of drug-likeness (QED) is 0.348. The first-order valence-corrected chi connectivity index (χ1v) is 13.0. The van der Waals surface area contributed by atoms with E-state index in [0.29, 0.717) is 0 Å². The highest BCUT2D eigenvalue weighted by Gasteiger charge is 2.23. The summed E-state index contributed by atoms with van der Waals surface area (Å²) in [7, 11) is -8.12. The summed E-state index contributed by atoms with van der Waals surface area (Å²) in [5.41, 5.74) is 0.436. The molecule has 164 valence electrons. The van der Waals surface area contributed by atoms with Crippen molar-refractivity contribution in [1.82, 2.24) is 0 Å². The summed E-state index contributed by atoms with van der Waals surface area (Å²) in [5.74, 6) is 0. The molecule has 0 bridgehead atoms. The standard InChI is InChI=1S/C22H16Cl2N2O4S2/c23-17-9-1-3-11-19(17)25-31(27,28)21-13-5-8-16-15(21)7-6-14-22(16)32(29,30)26-20-12-4-2-10-18(20)24/h1-14,25-26H. The van der Waals surface area contributed by atoms with Gasteiger partial charge in [0.2, 0.25) is 0 Å². The maximum atomic E-state index is 13.1. The molecule has 0 unspecified atom stereocenters. The Balaban J connectivity index is 1.81. The fraction of sp³-hybridized carbons (Fsp3) is 0. The molecule has 0 fully saturated rings. The van der Waals surface area contributed by atoms with Gasteiger partial charge in [0.15, 0.2) is 0 Å². The van der Waals surface area contributed by atoms with Crippen molar-refractivity contribution in [2.45, 2.75) is 9.79 Å². The second-order valence-corrected chi connectivity index (χ2v) is 10.9. The van der Waals surface area contributed by atoms with Crippen LogP contribution in [0.15, 0.2) is 94.7 Å². The molecule has 0 aliphatic heterocycles. The van der Waals surface area contributed by atoms with Crippen LogP contribution in [-0.2, 0) is 20.0 Å². The summed E-state index contributed by atoms with van der Waals surface area (Å²) < 4.78 is 57.4. The summed E-state index contributed by atoms with van der Waals surface area (Å²) in [6.07, 6.45) is 0. The van der Waals surface area contributed by atoms with Crippen molar-refractivity contribution in [2.24, 2.45) is 0 Å². The Kier molecular flexibility index (Phi) is 6.05. The fourth-order valence-electron chi connectivity index (χ4n) is 3.21. The first-order valence-electron chi connectivity index (χ1n) is 9.25. The van der Waals surface area contributed by atoms with E-state index < -0.39 is 20.0 Å². The highest BCUT2D eigenvalue weighted by atomic mass is 35.5. The maximum absolute atomic E-state index is 13.1. The van der Waals surface area contributed by atoms with Crippen LogP contribution in [0.2, 0.25) is 10.0 Å². The number of rotatable bonds is 6. The molecule has 0 aliphatic carbocycles. The number of nitrogens with one attached hydrogen (secondary N) is 2. The third kappa shape index (κ3) is 4.40. The molecule has 0 aromatic heterocycles. The van der Waals surface area contributed by atoms with Crippen LogP contribution < -0.4 is 9.44 Å². The van der Waals surface area contributed by atoms with E-state index in [2.05, 4.69) is 9.44 Å². The number of hydrogen-bond acceptors (Lipinski definition) is 4. The Bertz CT molecular complexity index is 1420. The summed E-state index contributed by atoms with van der Waals surface area (Å²) in [6.45, 7) is 0. The van der Waals surface area contributed by atoms with Crippen LogP contribution >= 0.6 is 23.2 Å². The zero-order valence-electron chi connectivity index (χ0n) is 16.3. The number of hydrogen-bond donors (Lipinski definition) is 2. The minimum atomic E-state index is -4.06. The van der Waals surface area contributed by atoms with Crippen molar-refractivity contribution in [3.8, 4) is 0 Å². The van der Waals surface area contributed by atoms with E-state index in [1.165, 1.54) is 36.4 Å². The van der Waals surface area contributed by atoms with Crippen LogP contribution in [0.4, 0.5) is 11.4 Å². The van der Waals surface area contributed by atoms with E-state index in [4.69, 9.17) is 23.2 Å². The van der Waals surface area contributed by atoms with Gasteiger partial charge in [0.05, 0.1) is 31.2 Å². The number of fused-ring (bicyclic) bond motifs is 1. The second kappa shape index (κ2) is 8.63. The summed E-state index contributed by atoms with van der Waals surface area (Å²) >= 11 is 12.2. The highest BCUT2D eigenvalue weighted by Crippen LogP contribution is 2.32. The third-order valence-electron chi connectivity index (χ3n) is 4.66. The van der Waals surface area contributed by atoms with Crippen molar-refractivity contribution < 1.29 is 16.8 Å². The van der Waals surface area contributed by atoms with E-state index in [9.17, 15) is 16.8 Å². The number of anilines is 2. The van der Waals surface area contributed by atoms with Crippen LogP contribution in [0, 0.1) is 0 Å². The Hall–Kier alpha value is -2.78. The Morgan fingerprint density at radius 1 is 0.500 bits per heavy atom. The maximum Gasteiger partial charge on any atom is 0.262 e. The monoisotopic (exact) mass is 506 g/mol. The SMILES string of the molecule is O=S(=O)(Nc1ccccc1Cl)c1cccc2c(S(=O)(=O)Nc3ccccc3Cl)cccc12. The van der Waals surface area contributed by atoms with Crippen molar-refractivity contribution in [1.29, 1.82) is 0 Å². The zero-order chi connectivity index (χ0) is 22.9. The van der Waals surface area contributed by atoms with Gasteiger partial charge in [-0.2, -0.15) is 0 Å². The lowest BCUT2D eigenvalue weighted by atomic mass is 10.1. The lowest BCUT2D eigenvalue weighted by Crippen LogP contribution is -2.15. The van der Waals surface area contributed by atoms with Gasteiger partial charge < -0.3 is 0 Å². The lowest BCUT2D eigenvalue weighted by Gasteiger charge is -2.14. The molecule has 0 radical (unpaired) electrons. The zero-order valence-corrected chi connectivity index (χ0v) is 19.4. The second-order valence-electron chi connectivity index (χ2n) is 6.78. The molecule has 0 saturated carbocycles. The summed E-state index contributed by atoms with van der Waals surface area (Å²) in [4.78, 5) is -0.158. The molecule has 4 aromatic carbocycles. The molecule has 0 amide bonds. The first kappa shape index (κ1) is 22.4. The predicted molar refractivity (Wildman–Crippen MR) is 128 cm³/mol. The van der Waals surface area contributed by atoms with Crippen molar-refractivity contribution in [3.63, 3.8) is 0 Å². The topological polar surface area (TPSA) is 92.3 Å². The van der Waals surface area contributed by atoms with Crippen molar-refractivity contribution >= 4 is 65.4 Å². The van der Waals surface area contributed by atoms with E-state index in [0.717, 1.165) is 0 Å². The average Bonchev–Trinajstić information content (AvgIpc) is 2.76. The van der Waals surface area contributed by atoms with E-state index in [-0.39, 0.29) is 42.0 Å². The van der Waals surface area contributed by atoms with Gasteiger partial charge in [-0.3, -0.25) is 9.44 Å². The van der Waals surface area contributed by atoms with E-state index in [1.54, 1.807) is 48.5 Å². The molecule has 6 nitrogen and oxygen atoms in total. The van der Waals surface area contributed by atoms with E-state index >= 15 is 0 Å². The predicted octanol–water partition coefficient (Wildman–Crippen LogP) is 5.75. The minimum Gasteiger partial charge on any atom is -0.278 e. The van der Waals surface area contributed by atoms with Gasteiger partial charge in [-0.15, -0.1) is 0 Å². The molecule has 0 saturated heterocycles. The van der Waals surface area contributed by atoms with Crippen molar-refractivity contribution in [3.05, 3.63) is 95.0 Å². The largest absolute Gasteiger partial charge is 0.278 e. The molecular formula is C22H16Cl2N2O4S2. The third-order valence-corrected chi connectivity index (χ3v) is 8.16. The van der Waals surface area contributed by atoms with Gasteiger partial charge in [0, 0.05) is 10.8 Å². The van der Waals surface area contributed by atoms with Crippen molar-refractivity contribution in [2.75, 3.05) is 9.44 Å². The van der Waals surface area contributed by atoms with E-state index in [1.807, 2.05) is 0 Å². The normalized spacial score (nSPS) is 11.9. The molecular weight excluding hydrogens is 491 g/mol. The van der Waals surface area contributed by atoms with Crippen LogP contribution in [0.1, 0.15) is 0 Å². The van der Waals surface area contributed by atoms with Gasteiger partial charge >= 0.3 is 0 Å². The van der Waals surface area contributed by atoms with Gasteiger partial charge in [0.1, 0.15) is 0 Å². The first-order chi connectivity index (χ1) is 15.2. The Morgan fingerprint density at radius 2 is 0.875 bits per heavy atom. The van der Waals surface area contributed by atoms with Gasteiger partial charge in [-0.05, 0) is 36.4 Å². The molecule has 10 heteroatoms. The molecule has 2 N–H and O–H groups in total. The summed E-state index contributed by atoms with van der Waals surface area (Å²) in [6, 6.07) is 21.7. The number of benzene rings is 4. The lowest BCUT2D eigenvalue weighted by molar-refractivity contribution is 0.599. The van der Waals surface area contributed by atoms with Crippen LogP contribution in [0.3, 0.4) is 0 Å². The molecule has 0 aliphatic rings. The number of para-hydroxylation sites is 2. The highest BCUT2D eigenvalue weighted by molar-refractivity contribution is 7.93. The average molecular weight is 507 g/mol. The van der Waals surface area contributed by atoms with Crippen LogP contribution in [0.25, 0.3) is 10.8 Å². The molecule has 4 rings (SSSR count). The van der Waals surface area contributed by atoms with Gasteiger partial charge in [0.25, 0.3) is 20.0 Å². The molecule has 0 atom stereocenters. The van der Waals surface area contributed by atoms with Crippen LogP contribution in [-0.4, -0.2) is 16.8 Å². The minimum absolute atomic E-state index is 0.0790.